The Morgan fingerprint density at radius 1 is 0.250 bits per heavy atom. The van der Waals surface area contributed by atoms with E-state index in [9.17, 15) is 0 Å². The molecule has 72 heavy (non-hydrogen) atoms. The Kier molecular flexibility index (Phi) is 10.2. The lowest BCUT2D eigenvalue weighted by molar-refractivity contribution is 1.05. The predicted molar refractivity (Wildman–Crippen MR) is 293 cm³/mol. The molecule has 0 N–H and O–H groups in total. The summed E-state index contributed by atoms with van der Waals surface area (Å²) in [7, 11) is 0. The van der Waals surface area contributed by atoms with Gasteiger partial charge in [-0.1, -0.05) is 192 Å². The van der Waals surface area contributed by atoms with Gasteiger partial charge in [0.05, 0.1) is 33.4 Å². The molecule has 0 bridgehead atoms. The van der Waals surface area contributed by atoms with Gasteiger partial charge >= 0.3 is 0 Å². The van der Waals surface area contributed by atoms with E-state index in [1.165, 1.54) is 0 Å². The molecule has 342 valence electrons. The van der Waals surface area contributed by atoms with Crippen molar-refractivity contribution >= 4 is 43.6 Å². The quantitative estimate of drug-likeness (QED) is 0.151. The van der Waals surface area contributed by atoms with Gasteiger partial charge in [-0.3, -0.25) is 0 Å². The molecule has 13 aromatic rings. The van der Waals surface area contributed by atoms with Crippen molar-refractivity contribution in [1.29, 1.82) is 0 Å². The molecule has 0 saturated heterocycles. The van der Waals surface area contributed by atoms with Crippen LogP contribution in [0.3, 0.4) is 0 Å². The second-order valence-corrected chi connectivity index (χ2v) is 18.7. The summed E-state index contributed by atoms with van der Waals surface area (Å²) < 4.78 is 4.73. The Labute approximate surface area is 416 Å². The second-order valence-electron chi connectivity index (χ2n) is 18.7. The zero-order valence-corrected chi connectivity index (χ0v) is 40.2. The molecular weight excluding hydrogens is 881 g/mol. The molecule has 8 heteroatoms. The molecule has 4 aromatic heterocycles. The Balaban J connectivity index is 1.21. The predicted octanol–water partition coefficient (Wildman–Crippen LogP) is 15.5. The molecule has 0 aliphatic heterocycles. The van der Waals surface area contributed by atoms with Gasteiger partial charge in [-0.15, -0.1) is 0 Å². The largest absolute Gasteiger partial charge is 0.308 e. The molecule has 4 heterocycles. The minimum atomic E-state index is 0.509. The summed E-state index contributed by atoms with van der Waals surface area (Å²) >= 11 is 0. The monoisotopic (exact) mass is 926 g/mol. The molecule has 0 saturated carbocycles. The average molecular weight is 927 g/mol. The Bertz CT molecular complexity index is 3720. The number of nitrogens with zero attached hydrogens (tertiary/aromatic N) is 8. The van der Waals surface area contributed by atoms with E-state index in [1.54, 1.807) is 0 Å². The van der Waals surface area contributed by atoms with Crippen LogP contribution in [0.5, 0.6) is 0 Å². The first-order valence-electron chi connectivity index (χ1n) is 24.3. The highest BCUT2D eigenvalue weighted by Crippen LogP contribution is 2.43. The van der Waals surface area contributed by atoms with Crippen LogP contribution in [0.2, 0.25) is 0 Å². The number of hydrogen-bond acceptors (Lipinski definition) is 6. The van der Waals surface area contributed by atoms with Crippen molar-refractivity contribution in [2.45, 2.75) is 27.7 Å². The zero-order chi connectivity index (χ0) is 48.5. The number of fused-ring (bicyclic) bond motifs is 6. The number of benzene rings is 9. The Morgan fingerprint density at radius 2 is 0.486 bits per heavy atom. The summed E-state index contributed by atoms with van der Waals surface area (Å²) in [4.78, 5) is 32.2. The molecule has 0 spiro atoms. The maximum absolute atomic E-state index is 5.46. The van der Waals surface area contributed by atoms with Crippen molar-refractivity contribution in [1.82, 2.24) is 39.0 Å². The summed E-state index contributed by atoms with van der Waals surface area (Å²) in [6, 6.07) is 72.5. The highest BCUT2D eigenvalue weighted by atomic mass is 15.1. The number of aryl methyl sites for hydroxylation is 4. The van der Waals surface area contributed by atoms with Crippen molar-refractivity contribution in [3.05, 3.63) is 229 Å². The van der Waals surface area contributed by atoms with E-state index in [0.29, 0.717) is 34.9 Å². The maximum atomic E-state index is 5.46. The van der Waals surface area contributed by atoms with Crippen molar-refractivity contribution in [2.24, 2.45) is 0 Å². The lowest BCUT2D eigenvalue weighted by Crippen LogP contribution is -2.08. The van der Waals surface area contributed by atoms with E-state index < -0.39 is 0 Å². The molecule has 0 aliphatic rings. The molecule has 0 aliphatic carbocycles. The fraction of sp³-hybridized carbons (Fsp3) is 0.0625. The summed E-state index contributed by atoms with van der Waals surface area (Å²) in [6.45, 7) is 8.37. The number of aromatic nitrogens is 8. The van der Waals surface area contributed by atoms with Crippen molar-refractivity contribution in [3.63, 3.8) is 0 Å². The first-order valence-corrected chi connectivity index (χ1v) is 24.3. The SMILES string of the molecule is Cc1ccc(-c2nc(-c3ccc(C)cc3)nc(-c3cc(-c4nc(-c5ccc(C)cc5)nc(-c5ccc(C)cc5)n4)c(-n4c5ccccc5c5ccccc54)cc3-n3c4ccccc4c4ccccc43)n2)cc1. The third-order valence-electron chi connectivity index (χ3n) is 13.7. The molecule has 0 amide bonds. The first kappa shape index (κ1) is 42.7. The van der Waals surface area contributed by atoms with E-state index in [2.05, 4.69) is 243 Å². The van der Waals surface area contributed by atoms with E-state index in [0.717, 1.165) is 111 Å². The minimum absolute atomic E-state index is 0.509. The number of para-hydroxylation sites is 4. The summed E-state index contributed by atoms with van der Waals surface area (Å²) in [6.07, 6.45) is 0. The van der Waals surface area contributed by atoms with E-state index in [1.807, 2.05) is 0 Å². The molecule has 0 atom stereocenters. The second kappa shape index (κ2) is 17.2. The molecule has 9 aromatic carbocycles. The van der Waals surface area contributed by atoms with Gasteiger partial charge in [0.15, 0.2) is 34.9 Å². The van der Waals surface area contributed by atoms with Crippen LogP contribution in [0, 0.1) is 27.7 Å². The molecule has 0 fully saturated rings. The third-order valence-corrected chi connectivity index (χ3v) is 13.7. The van der Waals surface area contributed by atoms with Crippen LogP contribution in [0.4, 0.5) is 0 Å². The fourth-order valence-corrected chi connectivity index (χ4v) is 9.99. The van der Waals surface area contributed by atoms with E-state index in [4.69, 9.17) is 29.9 Å². The Morgan fingerprint density at radius 3 is 0.750 bits per heavy atom. The van der Waals surface area contributed by atoms with Crippen LogP contribution in [0.1, 0.15) is 22.3 Å². The molecule has 13 rings (SSSR count). The van der Waals surface area contributed by atoms with Gasteiger partial charge in [0, 0.05) is 54.9 Å². The van der Waals surface area contributed by atoms with Crippen LogP contribution in [-0.4, -0.2) is 39.0 Å². The van der Waals surface area contributed by atoms with E-state index >= 15 is 0 Å². The topological polar surface area (TPSA) is 87.2 Å². The van der Waals surface area contributed by atoms with Crippen LogP contribution in [-0.2, 0) is 0 Å². The van der Waals surface area contributed by atoms with Crippen molar-refractivity contribution in [2.75, 3.05) is 0 Å². The van der Waals surface area contributed by atoms with Gasteiger partial charge in [0.1, 0.15) is 0 Å². The van der Waals surface area contributed by atoms with Crippen LogP contribution in [0.25, 0.3) is 123 Å². The summed E-state index contributed by atoms with van der Waals surface area (Å²) in [5.41, 5.74) is 15.7. The van der Waals surface area contributed by atoms with Crippen LogP contribution >= 0.6 is 0 Å². The van der Waals surface area contributed by atoms with Gasteiger partial charge < -0.3 is 9.13 Å². The normalized spacial score (nSPS) is 11.6. The standard InChI is InChI=1S/C64H46N8/c1-39-21-29-43(30-22-39)59-65-60(44-31-23-40(2)24-32-44)68-63(67-59)51-37-52(64-69-61(45-33-25-41(3)26-34-45)66-62(70-64)46-35-27-42(4)28-36-46)58(72-55-19-11-7-15-49(55)50-16-8-12-20-56(50)72)38-57(51)71-53-17-9-5-13-47(53)48-14-6-10-18-54(48)71/h5-38H,1-4H3. The highest BCUT2D eigenvalue weighted by Gasteiger charge is 2.26. The van der Waals surface area contributed by atoms with Crippen LogP contribution in [0.15, 0.2) is 206 Å². The minimum Gasteiger partial charge on any atom is -0.308 e. The van der Waals surface area contributed by atoms with Gasteiger partial charge in [0.25, 0.3) is 0 Å². The van der Waals surface area contributed by atoms with Gasteiger partial charge in [-0.25, -0.2) is 29.9 Å². The maximum Gasteiger partial charge on any atom is 0.166 e. The fourth-order valence-electron chi connectivity index (χ4n) is 9.99. The van der Waals surface area contributed by atoms with Gasteiger partial charge in [0.2, 0.25) is 0 Å². The Hall–Kier alpha value is -9.40. The molecule has 8 nitrogen and oxygen atoms in total. The molecule has 0 unspecified atom stereocenters. The van der Waals surface area contributed by atoms with Crippen LogP contribution < -0.4 is 0 Å². The number of hydrogen-bond donors (Lipinski definition) is 0. The highest BCUT2D eigenvalue weighted by molar-refractivity contribution is 6.11. The third kappa shape index (κ3) is 7.40. The smallest absolute Gasteiger partial charge is 0.166 e. The first-order chi connectivity index (χ1) is 35.3. The van der Waals surface area contributed by atoms with Gasteiger partial charge in [-0.2, -0.15) is 0 Å². The summed E-state index contributed by atoms with van der Waals surface area (Å²) in [5, 5.41) is 4.56. The molecule has 0 radical (unpaired) electrons. The van der Waals surface area contributed by atoms with Crippen molar-refractivity contribution in [3.8, 4) is 79.7 Å². The molecular formula is C64H46N8. The summed E-state index contributed by atoms with van der Waals surface area (Å²) in [5.74, 6) is 3.30. The lowest BCUT2D eigenvalue weighted by Gasteiger charge is -2.21. The van der Waals surface area contributed by atoms with Gasteiger partial charge in [-0.05, 0) is 64.1 Å². The van der Waals surface area contributed by atoms with E-state index in [-0.39, 0.29) is 0 Å². The number of rotatable bonds is 8. The van der Waals surface area contributed by atoms with Crippen molar-refractivity contribution < 1.29 is 0 Å². The average Bonchev–Trinajstić information content (AvgIpc) is 3.94. The zero-order valence-electron chi connectivity index (χ0n) is 40.2. The lowest BCUT2D eigenvalue weighted by atomic mass is 10.0.